The van der Waals surface area contributed by atoms with Gasteiger partial charge in [-0.3, -0.25) is 14.8 Å². The van der Waals surface area contributed by atoms with Crippen LogP contribution in [0, 0.1) is 10.1 Å². The fraction of sp³-hybridized carbons (Fsp3) is 0.727. The van der Waals surface area contributed by atoms with Crippen molar-refractivity contribution in [2.75, 3.05) is 13.7 Å². The maximum Gasteiger partial charge on any atom is 0.312 e. The molecule has 2 rings (SSSR count). The highest BCUT2D eigenvalue weighted by molar-refractivity contribution is 5.34. The Morgan fingerprint density at radius 3 is 3.06 bits per heavy atom. The van der Waals surface area contributed by atoms with E-state index in [0.717, 1.165) is 19.3 Å². The lowest BCUT2D eigenvalue weighted by molar-refractivity contribution is -0.386. The highest BCUT2D eigenvalue weighted by Gasteiger charge is 2.30. The maximum atomic E-state index is 11.0. The van der Waals surface area contributed by atoms with Crippen LogP contribution < -0.4 is 0 Å². The summed E-state index contributed by atoms with van der Waals surface area (Å²) in [4.78, 5) is 10.5. The Kier molecular flexibility index (Phi) is 3.93. The van der Waals surface area contributed by atoms with Crippen LogP contribution in [0.3, 0.4) is 0 Å². The monoisotopic (exact) mass is 255 g/mol. The summed E-state index contributed by atoms with van der Waals surface area (Å²) < 4.78 is 12.5. The van der Waals surface area contributed by atoms with Crippen LogP contribution in [0.1, 0.15) is 31.1 Å². The minimum Gasteiger partial charge on any atom is -0.379 e. The second-order valence-corrected chi connectivity index (χ2v) is 4.41. The van der Waals surface area contributed by atoms with E-state index >= 15 is 0 Å². The second-order valence-electron chi connectivity index (χ2n) is 4.41. The van der Waals surface area contributed by atoms with E-state index in [1.54, 1.807) is 14.2 Å². The van der Waals surface area contributed by atoms with Gasteiger partial charge in [-0.05, 0) is 19.3 Å². The predicted octanol–water partition coefficient (Wildman–Crippen LogP) is 1.58. The Bertz CT molecular complexity index is 432. The molecular formula is C11H17N3O4. The third-order valence-electron chi connectivity index (χ3n) is 3.28. The van der Waals surface area contributed by atoms with E-state index in [1.165, 1.54) is 10.9 Å². The zero-order valence-electron chi connectivity index (χ0n) is 10.5. The molecule has 2 heterocycles. The molecule has 7 nitrogen and oxygen atoms in total. The Morgan fingerprint density at radius 1 is 1.61 bits per heavy atom. The molecule has 1 unspecified atom stereocenters. The summed E-state index contributed by atoms with van der Waals surface area (Å²) in [5.74, 6) is 0. The number of hydrogen-bond acceptors (Lipinski definition) is 5. The smallest absolute Gasteiger partial charge is 0.312 e. The lowest BCUT2D eigenvalue weighted by Crippen LogP contribution is -2.17. The molecule has 1 aliphatic rings. The van der Waals surface area contributed by atoms with Crippen LogP contribution in [-0.4, -0.2) is 34.5 Å². The van der Waals surface area contributed by atoms with Crippen LogP contribution in [0.25, 0.3) is 0 Å². The molecule has 1 aromatic rings. The van der Waals surface area contributed by atoms with E-state index in [-0.39, 0.29) is 17.9 Å². The Balaban J connectivity index is 2.20. The summed E-state index contributed by atoms with van der Waals surface area (Å²) >= 11 is 0. The van der Waals surface area contributed by atoms with Crippen LogP contribution in [-0.2, 0) is 16.5 Å². The van der Waals surface area contributed by atoms with Crippen LogP contribution >= 0.6 is 0 Å². The first-order valence-corrected chi connectivity index (χ1v) is 5.94. The molecule has 0 spiro atoms. The Labute approximate surface area is 105 Å². The average Bonchev–Trinajstić information content (AvgIpc) is 2.60. The van der Waals surface area contributed by atoms with Crippen molar-refractivity contribution < 1.29 is 14.4 Å². The van der Waals surface area contributed by atoms with Gasteiger partial charge in [-0.2, -0.15) is 5.10 Å². The number of hydrogen-bond donors (Lipinski definition) is 0. The van der Waals surface area contributed by atoms with Gasteiger partial charge in [-0.15, -0.1) is 0 Å². The molecule has 0 N–H and O–H groups in total. The van der Waals surface area contributed by atoms with Crippen molar-refractivity contribution >= 4 is 5.69 Å². The SMILES string of the molecule is CO[C@@H]1CCCC(c2c([N+](=O)[O-])cnn2C)OC1. The minimum absolute atomic E-state index is 0.0263. The van der Waals surface area contributed by atoms with Crippen molar-refractivity contribution in [1.29, 1.82) is 0 Å². The zero-order valence-corrected chi connectivity index (χ0v) is 10.5. The summed E-state index contributed by atoms with van der Waals surface area (Å²) in [5.41, 5.74) is 0.565. The van der Waals surface area contributed by atoms with Crippen LogP contribution in [0.4, 0.5) is 5.69 Å². The lowest BCUT2D eigenvalue weighted by atomic mass is 10.1. The largest absolute Gasteiger partial charge is 0.379 e. The third-order valence-corrected chi connectivity index (χ3v) is 3.28. The molecule has 7 heteroatoms. The molecule has 1 aromatic heterocycles. The molecule has 0 bridgehead atoms. The normalized spacial score (nSPS) is 24.8. The van der Waals surface area contributed by atoms with Gasteiger partial charge in [0.2, 0.25) is 0 Å². The third kappa shape index (κ3) is 2.51. The summed E-state index contributed by atoms with van der Waals surface area (Å²) in [6.45, 7) is 0.462. The van der Waals surface area contributed by atoms with Crippen molar-refractivity contribution in [3.63, 3.8) is 0 Å². The zero-order chi connectivity index (χ0) is 13.1. The van der Waals surface area contributed by atoms with E-state index in [0.29, 0.717) is 12.3 Å². The van der Waals surface area contributed by atoms with Gasteiger partial charge >= 0.3 is 5.69 Å². The van der Waals surface area contributed by atoms with Crippen LogP contribution in [0.2, 0.25) is 0 Å². The number of nitro groups is 1. The molecule has 0 radical (unpaired) electrons. The van der Waals surface area contributed by atoms with Crippen molar-refractivity contribution in [3.05, 3.63) is 22.0 Å². The van der Waals surface area contributed by atoms with Crippen molar-refractivity contribution in [1.82, 2.24) is 9.78 Å². The average molecular weight is 255 g/mol. The van der Waals surface area contributed by atoms with Gasteiger partial charge in [0.1, 0.15) is 18.0 Å². The molecule has 1 saturated heterocycles. The molecule has 1 fully saturated rings. The second kappa shape index (κ2) is 5.45. The standard InChI is InChI=1S/C11H17N3O4/c1-13-11(9(6-12-13)14(15)16)10-5-3-4-8(17-2)7-18-10/h6,8,10H,3-5,7H2,1-2H3/t8-,10?/m1/s1. The van der Waals surface area contributed by atoms with Gasteiger partial charge in [0.05, 0.1) is 17.6 Å². The first kappa shape index (κ1) is 13.0. The molecule has 18 heavy (non-hydrogen) atoms. The first-order valence-electron chi connectivity index (χ1n) is 5.94. The molecule has 100 valence electrons. The summed E-state index contributed by atoms with van der Waals surface area (Å²) in [7, 11) is 3.35. The highest BCUT2D eigenvalue weighted by Crippen LogP contribution is 2.33. The molecular weight excluding hydrogens is 238 g/mol. The van der Waals surface area contributed by atoms with E-state index in [1.807, 2.05) is 0 Å². The van der Waals surface area contributed by atoms with Gasteiger partial charge in [0, 0.05) is 14.2 Å². The summed E-state index contributed by atoms with van der Waals surface area (Å²) in [5, 5.41) is 14.9. The van der Waals surface area contributed by atoms with Crippen LogP contribution in [0.5, 0.6) is 0 Å². The summed E-state index contributed by atoms with van der Waals surface area (Å²) in [6, 6.07) is 0. The molecule has 0 amide bonds. The number of ether oxygens (including phenoxy) is 2. The van der Waals surface area contributed by atoms with Gasteiger partial charge in [0.15, 0.2) is 0 Å². The van der Waals surface area contributed by atoms with Crippen molar-refractivity contribution in [2.24, 2.45) is 7.05 Å². The van der Waals surface area contributed by atoms with Crippen molar-refractivity contribution in [3.8, 4) is 0 Å². The van der Waals surface area contributed by atoms with Crippen LogP contribution in [0.15, 0.2) is 6.20 Å². The molecule has 0 aromatic carbocycles. The fourth-order valence-corrected chi connectivity index (χ4v) is 2.27. The molecule has 2 atom stereocenters. The topological polar surface area (TPSA) is 79.4 Å². The number of rotatable bonds is 3. The highest BCUT2D eigenvalue weighted by atomic mass is 16.6. The predicted molar refractivity (Wildman–Crippen MR) is 63.2 cm³/mol. The number of aryl methyl sites for hydroxylation is 1. The molecule has 1 aliphatic heterocycles. The first-order chi connectivity index (χ1) is 8.63. The van der Waals surface area contributed by atoms with Gasteiger partial charge in [-0.1, -0.05) is 0 Å². The van der Waals surface area contributed by atoms with E-state index in [4.69, 9.17) is 9.47 Å². The fourth-order valence-electron chi connectivity index (χ4n) is 2.27. The Morgan fingerprint density at radius 2 is 2.39 bits per heavy atom. The summed E-state index contributed by atoms with van der Waals surface area (Å²) in [6.07, 6.45) is 3.65. The van der Waals surface area contributed by atoms with Gasteiger partial charge in [0.25, 0.3) is 0 Å². The van der Waals surface area contributed by atoms with E-state index in [9.17, 15) is 10.1 Å². The number of aromatic nitrogens is 2. The quantitative estimate of drug-likeness (QED) is 0.605. The maximum absolute atomic E-state index is 11.0. The Hall–Kier alpha value is -1.47. The molecule has 0 saturated carbocycles. The van der Waals surface area contributed by atoms with E-state index < -0.39 is 4.92 Å². The lowest BCUT2D eigenvalue weighted by Gasteiger charge is -2.16. The molecule has 0 aliphatic carbocycles. The minimum atomic E-state index is -0.412. The number of methoxy groups -OCH3 is 1. The van der Waals surface area contributed by atoms with Gasteiger partial charge < -0.3 is 9.47 Å². The van der Waals surface area contributed by atoms with Crippen molar-refractivity contribution in [2.45, 2.75) is 31.5 Å². The van der Waals surface area contributed by atoms with E-state index in [2.05, 4.69) is 5.10 Å². The van der Waals surface area contributed by atoms with Gasteiger partial charge in [-0.25, -0.2) is 0 Å². The number of nitrogens with zero attached hydrogens (tertiary/aromatic N) is 3.